The first-order chi connectivity index (χ1) is 14.6. The number of thioether (sulfide) groups is 1. The van der Waals surface area contributed by atoms with Crippen LogP contribution in [-0.2, 0) is 11.3 Å². The van der Waals surface area contributed by atoms with Gasteiger partial charge in [0.15, 0.2) is 5.78 Å². The van der Waals surface area contributed by atoms with Crippen LogP contribution in [0.4, 0.5) is 0 Å². The zero-order chi connectivity index (χ0) is 21.1. The zero-order valence-corrected chi connectivity index (χ0v) is 18.2. The highest BCUT2D eigenvalue weighted by atomic mass is 32.2. The number of benzene rings is 1. The highest BCUT2D eigenvalue weighted by molar-refractivity contribution is 7.99. The molecule has 0 amide bonds. The van der Waals surface area contributed by atoms with Gasteiger partial charge in [0, 0.05) is 30.1 Å². The monoisotopic (exact) mass is 427 g/mol. The molecule has 1 aromatic carbocycles. The van der Waals surface area contributed by atoms with Gasteiger partial charge in [-0.1, -0.05) is 11.8 Å². The molecule has 0 aliphatic carbocycles. The number of carbonyl (C=O) groups excluding carboxylic acids is 1. The van der Waals surface area contributed by atoms with Crippen molar-refractivity contribution in [2.24, 2.45) is 0 Å². The van der Waals surface area contributed by atoms with E-state index in [1.54, 1.807) is 11.8 Å². The summed E-state index contributed by atoms with van der Waals surface area (Å²) in [5.41, 5.74) is 3.63. The molecule has 30 heavy (non-hydrogen) atoms. The van der Waals surface area contributed by atoms with E-state index >= 15 is 0 Å². The van der Waals surface area contributed by atoms with Gasteiger partial charge in [0.25, 0.3) is 0 Å². The van der Waals surface area contributed by atoms with Crippen LogP contribution in [0.25, 0.3) is 5.69 Å². The van der Waals surface area contributed by atoms with E-state index < -0.39 is 0 Å². The molecule has 9 heteroatoms. The lowest BCUT2D eigenvalue weighted by molar-refractivity contribution is 0.0957. The van der Waals surface area contributed by atoms with E-state index in [4.69, 9.17) is 9.47 Å². The van der Waals surface area contributed by atoms with Gasteiger partial charge in [0.05, 0.1) is 24.7 Å². The lowest BCUT2D eigenvalue weighted by Gasteiger charge is -2.14. The van der Waals surface area contributed by atoms with Crippen molar-refractivity contribution in [2.75, 3.05) is 19.5 Å². The van der Waals surface area contributed by atoms with Crippen LogP contribution in [0.1, 0.15) is 34.6 Å². The molecule has 0 N–H and O–H groups in total. The molecule has 2 aromatic heterocycles. The van der Waals surface area contributed by atoms with Gasteiger partial charge in [-0.05, 0) is 67.4 Å². The summed E-state index contributed by atoms with van der Waals surface area (Å²) in [7, 11) is 1.62. The third-order valence-electron chi connectivity index (χ3n) is 5.37. The fourth-order valence-corrected chi connectivity index (χ4v) is 4.49. The Labute approximate surface area is 179 Å². The number of aromatic nitrogens is 5. The van der Waals surface area contributed by atoms with Gasteiger partial charge in [-0.15, -0.1) is 5.10 Å². The maximum Gasteiger partial charge on any atom is 0.214 e. The number of rotatable bonds is 8. The Hall–Kier alpha value is -2.65. The van der Waals surface area contributed by atoms with Gasteiger partial charge >= 0.3 is 0 Å². The number of tetrazole rings is 1. The van der Waals surface area contributed by atoms with E-state index in [0.29, 0.717) is 5.16 Å². The minimum absolute atomic E-state index is 0.0657. The molecule has 1 aliphatic heterocycles. The van der Waals surface area contributed by atoms with E-state index in [1.807, 2.05) is 44.2 Å². The Bertz CT molecular complexity index is 1020. The van der Waals surface area contributed by atoms with Crippen LogP contribution in [-0.4, -0.2) is 56.1 Å². The molecule has 1 fully saturated rings. The minimum atomic E-state index is 0.0657. The maximum absolute atomic E-state index is 12.9. The van der Waals surface area contributed by atoms with Crippen molar-refractivity contribution < 1.29 is 14.3 Å². The Morgan fingerprint density at radius 3 is 2.80 bits per heavy atom. The smallest absolute Gasteiger partial charge is 0.214 e. The Morgan fingerprint density at radius 2 is 2.10 bits per heavy atom. The molecule has 0 saturated carbocycles. The largest absolute Gasteiger partial charge is 0.497 e. The quantitative estimate of drug-likeness (QED) is 0.403. The average molecular weight is 428 g/mol. The second-order valence-electron chi connectivity index (χ2n) is 7.31. The van der Waals surface area contributed by atoms with E-state index in [-0.39, 0.29) is 17.6 Å². The van der Waals surface area contributed by atoms with Crippen LogP contribution in [0.15, 0.2) is 35.5 Å². The predicted octanol–water partition coefficient (Wildman–Crippen LogP) is 3.24. The Morgan fingerprint density at radius 1 is 1.30 bits per heavy atom. The van der Waals surface area contributed by atoms with Gasteiger partial charge in [-0.25, -0.2) is 0 Å². The third-order valence-corrected chi connectivity index (χ3v) is 6.29. The van der Waals surface area contributed by atoms with Gasteiger partial charge in [-0.2, -0.15) is 4.68 Å². The summed E-state index contributed by atoms with van der Waals surface area (Å²) in [4.78, 5) is 12.9. The van der Waals surface area contributed by atoms with Crippen molar-refractivity contribution in [1.29, 1.82) is 0 Å². The van der Waals surface area contributed by atoms with Crippen LogP contribution < -0.4 is 4.74 Å². The molecule has 1 aliphatic rings. The predicted molar refractivity (Wildman–Crippen MR) is 114 cm³/mol. The van der Waals surface area contributed by atoms with Crippen molar-refractivity contribution in [3.8, 4) is 11.4 Å². The first kappa shape index (κ1) is 20.6. The van der Waals surface area contributed by atoms with Crippen molar-refractivity contribution in [3.05, 3.63) is 47.3 Å². The summed E-state index contributed by atoms with van der Waals surface area (Å²) in [5.74, 6) is 1.09. The van der Waals surface area contributed by atoms with Gasteiger partial charge < -0.3 is 14.0 Å². The van der Waals surface area contributed by atoms with Crippen LogP contribution >= 0.6 is 11.8 Å². The molecule has 1 saturated heterocycles. The van der Waals surface area contributed by atoms with Crippen LogP contribution in [0.3, 0.4) is 0 Å². The number of hydrogen-bond donors (Lipinski definition) is 0. The molecule has 0 spiro atoms. The minimum Gasteiger partial charge on any atom is -0.497 e. The van der Waals surface area contributed by atoms with E-state index in [0.717, 1.165) is 54.4 Å². The molecule has 8 nitrogen and oxygen atoms in total. The van der Waals surface area contributed by atoms with Crippen LogP contribution in [0.5, 0.6) is 5.75 Å². The van der Waals surface area contributed by atoms with Crippen molar-refractivity contribution in [3.63, 3.8) is 0 Å². The van der Waals surface area contributed by atoms with Crippen molar-refractivity contribution in [1.82, 2.24) is 24.8 Å². The van der Waals surface area contributed by atoms with Gasteiger partial charge in [0.1, 0.15) is 5.75 Å². The lowest BCUT2D eigenvalue weighted by Crippen LogP contribution is -2.17. The number of methoxy groups -OCH3 is 1. The first-order valence-corrected chi connectivity index (χ1v) is 10.9. The summed E-state index contributed by atoms with van der Waals surface area (Å²) in [5, 5.41) is 12.5. The first-order valence-electron chi connectivity index (χ1n) is 9.94. The fraction of sp³-hybridized carbons (Fsp3) is 0.429. The number of ether oxygens (including phenoxy) is 2. The van der Waals surface area contributed by atoms with Gasteiger partial charge in [-0.3, -0.25) is 4.79 Å². The summed E-state index contributed by atoms with van der Waals surface area (Å²) in [6.45, 7) is 5.67. The van der Waals surface area contributed by atoms with E-state index in [1.165, 1.54) is 11.8 Å². The average Bonchev–Trinajstić information content (AvgIpc) is 3.50. The number of hydrogen-bond acceptors (Lipinski definition) is 7. The zero-order valence-electron chi connectivity index (χ0n) is 17.4. The highest BCUT2D eigenvalue weighted by Crippen LogP contribution is 2.24. The summed E-state index contributed by atoms with van der Waals surface area (Å²) >= 11 is 1.33. The normalized spacial score (nSPS) is 16.2. The highest BCUT2D eigenvalue weighted by Gasteiger charge is 2.21. The summed E-state index contributed by atoms with van der Waals surface area (Å²) in [6.07, 6.45) is 2.42. The third kappa shape index (κ3) is 4.27. The molecule has 0 radical (unpaired) electrons. The SMILES string of the molecule is COc1ccc(-n2nnnc2SCC(=O)c2cc(C)n(C[C@@H]3CCCO3)c2C)cc1. The number of Topliss-reactive ketones (excluding diaryl/α,β-unsaturated/α-hetero) is 1. The van der Waals surface area contributed by atoms with E-state index in [2.05, 4.69) is 20.1 Å². The van der Waals surface area contributed by atoms with Crippen LogP contribution in [0, 0.1) is 13.8 Å². The van der Waals surface area contributed by atoms with Crippen molar-refractivity contribution >= 4 is 17.5 Å². The summed E-state index contributed by atoms with van der Waals surface area (Å²) in [6, 6.07) is 9.41. The number of aryl methyl sites for hydroxylation is 1. The molecule has 1 atom stereocenters. The second kappa shape index (κ2) is 9.01. The molecule has 4 rings (SSSR count). The number of ketones is 1. The second-order valence-corrected chi connectivity index (χ2v) is 8.26. The number of carbonyl (C=O) groups is 1. The van der Waals surface area contributed by atoms with Crippen molar-refractivity contribution in [2.45, 2.75) is 44.5 Å². The summed E-state index contributed by atoms with van der Waals surface area (Å²) < 4.78 is 14.8. The molecule has 158 valence electrons. The van der Waals surface area contributed by atoms with Crippen LogP contribution in [0.2, 0.25) is 0 Å². The fourth-order valence-electron chi connectivity index (χ4n) is 3.72. The molecule has 0 bridgehead atoms. The topological polar surface area (TPSA) is 84.1 Å². The molecule has 3 aromatic rings. The van der Waals surface area contributed by atoms with E-state index in [9.17, 15) is 4.79 Å². The Kier molecular flexibility index (Phi) is 6.19. The lowest BCUT2D eigenvalue weighted by atomic mass is 10.2. The Balaban J connectivity index is 1.45. The van der Waals surface area contributed by atoms with Gasteiger partial charge in [0.2, 0.25) is 5.16 Å². The standard InChI is InChI=1S/C21H25N5O3S/c1-14-11-19(15(2)25(14)12-18-5-4-10-29-18)20(27)13-30-21-22-23-24-26(21)16-6-8-17(28-3)9-7-16/h6-9,11,18H,4-5,10,12-13H2,1-3H3/t18-/m0/s1. The molecular formula is C21H25N5O3S. The number of nitrogens with zero attached hydrogens (tertiary/aromatic N) is 5. The molecule has 0 unspecified atom stereocenters. The maximum atomic E-state index is 12.9. The molecular weight excluding hydrogens is 402 g/mol. The molecule has 3 heterocycles.